The Morgan fingerprint density at radius 3 is 2.41 bits per heavy atom. The van der Waals surface area contributed by atoms with Gasteiger partial charge in [-0.15, -0.1) is 0 Å². The molecule has 1 aliphatic rings. The van der Waals surface area contributed by atoms with Gasteiger partial charge in [0.1, 0.15) is 5.75 Å². The minimum Gasteiger partial charge on any atom is -0.439 e. The largest absolute Gasteiger partial charge is 0.439 e. The van der Waals surface area contributed by atoms with Crippen molar-refractivity contribution in [3.8, 4) is 11.6 Å². The number of hydrogen-bond acceptors (Lipinski definition) is 5. The van der Waals surface area contributed by atoms with E-state index in [4.69, 9.17) is 16.3 Å². The molecule has 2 N–H and O–H groups in total. The second-order valence-corrected chi connectivity index (χ2v) is 7.88. The number of anilines is 1. The molecule has 0 unspecified atom stereocenters. The smallest absolute Gasteiger partial charge is 0.255 e. The van der Waals surface area contributed by atoms with Crippen LogP contribution in [0.5, 0.6) is 11.6 Å². The van der Waals surface area contributed by atoms with Gasteiger partial charge in [0.15, 0.2) is 0 Å². The van der Waals surface area contributed by atoms with Crippen molar-refractivity contribution in [2.24, 2.45) is 0 Å². The molecule has 4 rings (SSSR count). The molecule has 2 aromatic carbocycles. The van der Waals surface area contributed by atoms with Crippen molar-refractivity contribution in [1.82, 2.24) is 15.2 Å². The van der Waals surface area contributed by atoms with E-state index in [1.54, 1.807) is 54.6 Å². The molecule has 0 aliphatic carbocycles. The number of nitrogens with zero attached hydrogens (tertiary/aromatic N) is 2. The summed E-state index contributed by atoms with van der Waals surface area (Å²) in [6.45, 7) is 4.92. The molecule has 3 aromatic rings. The first-order chi connectivity index (χ1) is 15.5. The van der Waals surface area contributed by atoms with Gasteiger partial charge in [-0.25, -0.2) is 4.98 Å². The SMILES string of the molecule is Cc1ccc(C(=O)Nc2ccc(Oc3ccc(C(=O)N4CCNCC4)cc3)nc2)cc1Cl. The van der Waals surface area contributed by atoms with E-state index in [-0.39, 0.29) is 11.8 Å². The molecule has 2 amide bonds. The summed E-state index contributed by atoms with van der Waals surface area (Å²) in [6.07, 6.45) is 1.52. The lowest BCUT2D eigenvalue weighted by Crippen LogP contribution is -2.46. The maximum absolute atomic E-state index is 12.5. The van der Waals surface area contributed by atoms with Crippen LogP contribution in [0.1, 0.15) is 26.3 Å². The van der Waals surface area contributed by atoms with E-state index < -0.39 is 0 Å². The minimum absolute atomic E-state index is 0.0196. The number of amides is 2. The Hall–Kier alpha value is -3.42. The van der Waals surface area contributed by atoms with E-state index in [0.717, 1.165) is 18.7 Å². The molecule has 1 saturated heterocycles. The van der Waals surface area contributed by atoms with Crippen LogP contribution in [0, 0.1) is 6.92 Å². The molecule has 2 heterocycles. The fourth-order valence-electron chi connectivity index (χ4n) is 3.29. The number of benzene rings is 2. The van der Waals surface area contributed by atoms with E-state index in [2.05, 4.69) is 15.6 Å². The lowest BCUT2D eigenvalue weighted by atomic mass is 10.1. The zero-order chi connectivity index (χ0) is 22.5. The number of rotatable bonds is 5. The topological polar surface area (TPSA) is 83.6 Å². The average molecular weight is 451 g/mol. The van der Waals surface area contributed by atoms with Crippen molar-refractivity contribution in [2.75, 3.05) is 31.5 Å². The van der Waals surface area contributed by atoms with Gasteiger partial charge in [-0.2, -0.15) is 0 Å². The third-order valence-corrected chi connectivity index (χ3v) is 5.56. The molecule has 1 aromatic heterocycles. The van der Waals surface area contributed by atoms with Crippen molar-refractivity contribution >= 4 is 29.1 Å². The van der Waals surface area contributed by atoms with Gasteiger partial charge in [0, 0.05) is 48.4 Å². The van der Waals surface area contributed by atoms with Crippen molar-refractivity contribution in [1.29, 1.82) is 0 Å². The monoisotopic (exact) mass is 450 g/mol. The number of carbonyl (C=O) groups excluding carboxylic acids is 2. The Morgan fingerprint density at radius 2 is 1.75 bits per heavy atom. The lowest BCUT2D eigenvalue weighted by Gasteiger charge is -2.27. The zero-order valence-electron chi connectivity index (χ0n) is 17.6. The summed E-state index contributed by atoms with van der Waals surface area (Å²) in [5.74, 6) is 0.696. The first-order valence-corrected chi connectivity index (χ1v) is 10.7. The van der Waals surface area contributed by atoms with Crippen LogP contribution in [-0.4, -0.2) is 47.9 Å². The summed E-state index contributed by atoms with van der Waals surface area (Å²) in [7, 11) is 0. The van der Waals surface area contributed by atoms with E-state index in [0.29, 0.717) is 46.6 Å². The molecule has 0 atom stereocenters. The Labute approximate surface area is 191 Å². The molecular formula is C24H23ClN4O3. The van der Waals surface area contributed by atoms with E-state index in [1.165, 1.54) is 6.20 Å². The highest BCUT2D eigenvalue weighted by Gasteiger charge is 2.17. The second kappa shape index (κ2) is 9.80. The number of carbonyl (C=O) groups is 2. The van der Waals surface area contributed by atoms with Gasteiger partial charge < -0.3 is 20.3 Å². The highest BCUT2D eigenvalue weighted by atomic mass is 35.5. The van der Waals surface area contributed by atoms with Crippen molar-refractivity contribution in [2.45, 2.75) is 6.92 Å². The van der Waals surface area contributed by atoms with Gasteiger partial charge in [-0.05, 0) is 55.0 Å². The number of halogens is 1. The van der Waals surface area contributed by atoms with Crippen LogP contribution in [0.4, 0.5) is 5.69 Å². The Bertz CT molecular complexity index is 1110. The molecule has 32 heavy (non-hydrogen) atoms. The van der Waals surface area contributed by atoms with Gasteiger partial charge in [-0.3, -0.25) is 9.59 Å². The number of piperazine rings is 1. The number of pyridine rings is 1. The van der Waals surface area contributed by atoms with Gasteiger partial charge in [0.05, 0.1) is 11.9 Å². The Morgan fingerprint density at radius 1 is 1.03 bits per heavy atom. The first-order valence-electron chi connectivity index (χ1n) is 10.3. The maximum atomic E-state index is 12.5. The van der Waals surface area contributed by atoms with Gasteiger partial charge in [0.2, 0.25) is 5.88 Å². The standard InChI is InChI=1S/C24H23ClN4O3/c1-16-2-3-18(14-21(16)25)23(30)28-19-6-9-22(27-15-19)32-20-7-4-17(5-8-20)24(31)29-12-10-26-11-13-29/h2-9,14-15,26H,10-13H2,1H3,(H,28,30). The summed E-state index contributed by atoms with van der Waals surface area (Å²) in [5, 5.41) is 6.56. The molecule has 0 saturated carbocycles. The fourth-order valence-corrected chi connectivity index (χ4v) is 3.47. The van der Waals surface area contributed by atoms with Gasteiger partial charge in [-0.1, -0.05) is 17.7 Å². The fraction of sp³-hybridized carbons (Fsp3) is 0.208. The number of aryl methyl sites for hydroxylation is 1. The summed E-state index contributed by atoms with van der Waals surface area (Å²) >= 11 is 6.09. The van der Waals surface area contributed by atoms with E-state index in [9.17, 15) is 9.59 Å². The van der Waals surface area contributed by atoms with Crippen LogP contribution < -0.4 is 15.4 Å². The third-order valence-electron chi connectivity index (χ3n) is 5.16. The molecular weight excluding hydrogens is 428 g/mol. The van der Waals surface area contributed by atoms with Crippen molar-refractivity contribution in [3.05, 3.63) is 82.5 Å². The lowest BCUT2D eigenvalue weighted by molar-refractivity contribution is 0.0735. The summed E-state index contributed by atoms with van der Waals surface area (Å²) in [4.78, 5) is 31.0. The number of nitrogens with one attached hydrogen (secondary N) is 2. The maximum Gasteiger partial charge on any atom is 0.255 e. The van der Waals surface area contributed by atoms with E-state index in [1.807, 2.05) is 11.8 Å². The number of ether oxygens (including phenoxy) is 1. The summed E-state index contributed by atoms with van der Waals surface area (Å²) < 4.78 is 5.76. The zero-order valence-corrected chi connectivity index (χ0v) is 18.4. The summed E-state index contributed by atoms with van der Waals surface area (Å²) in [6, 6.07) is 15.5. The first kappa shape index (κ1) is 21.8. The number of aromatic nitrogens is 1. The predicted molar refractivity (Wildman–Crippen MR) is 124 cm³/mol. The highest BCUT2D eigenvalue weighted by Crippen LogP contribution is 2.22. The molecule has 8 heteroatoms. The summed E-state index contributed by atoms with van der Waals surface area (Å²) in [5.41, 5.74) is 2.54. The molecule has 1 fully saturated rings. The Balaban J connectivity index is 1.35. The van der Waals surface area contributed by atoms with Gasteiger partial charge >= 0.3 is 0 Å². The minimum atomic E-state index is -0.271. The van der Waals surface area contributed by atoms with Crippen molar-refractivity contribution in [3.63, 3.8) is 0 Å². The molecule has 7 nitrogen and oxygen atoms in total. The van der Waals surface area contributed by atoms with Crippen LogP contribution in [-0.2, 0) is 0 Å². The van der Waals surface area contributed by atoms with Crippen LogP contribution >= 0.6 is 11.6 Å². The molecule has 164 valence electrons. The van der Waals surface area contributed by atoms with Crippen LogP contribution in [0.15, 0.2) is 60.8 Å². The highest BCUT2D eigenvalue weighted by molar-refractivity contribution is 6.31. The molecule has 0 bridgehead atoms. The number of hydrogen-bond donors (Lipinski definition) is 2. The Kier molecular flexibility index (Phi) is 6.68. The molecule has 0 spiro atoms. The van der Waals surface area contributed by atoms with Crippen molar-refractivity contribution < 1.29 is 14.3 Å². The molecule has 1 aliphatic heterocycles. The predicted octanol–water partition coefficient (Wildman–Crippen LogP) is 4.13. The quantitative estimate of drug-likeness (QED) is 0.610. The van der Waals surface area contributed by atoms with Crippen LogP contribution in [0.2, 0.25) is 5.02 Å². The normalized spacial score (nSPS) is 13.5. The third kappa shape index (κ3) is 5.25. The molecule has 0 radical (unpaired) electrons. The van der Waals surface area contributed by atoms with Crippen LogP contribution in [0.3, 0.4) is 0 Å². The van der Waals surface area contributed by atoms with Crippen LogP contribution in [0.25, 0.3) is 0 Å². The second-order valence-electron chi connectivity index (χ2n) is 7.47. The van der Waals surface area contributed by atoms with Gasteiger partial charge in [0.25, 0.3) is 11.8 Å². The average Bonchev–Trinajstić information content (AvgIpc) is 2.82. The van der Waals surface area contributed by atoms with E-state index >= 15 is 0 Å².